The van der Waals surface area contributed by atoms with Gasteiger partial charge in [0.1, 0.15) is 12.4 Å². The number of nitrogens with two attached hydrogens (primary N) is 1. The lowest BCUT2D eigenvalue weighted by atomic mass is 10.2. The molecule has 0 aliphatic heterocycles. The van der Waals surface area contributed by atoms with Gasteiger partial charge in [-0.25, -0.2) is 4.98 Å². The molecule has 102 valence electrons. The van der Waals surface area contributed by atoms with Crippen molar-refractivity contribution in [3.8, 4) is 0 Å². The maximum absolute atomic E-state index is 12.5. The highest BCUT2D eigenvalue weighted by atomic mass is 35.5. The minimum Gasteiger partial charge on any atom is -0.344 e. The molecule has 0 spiro atoms. The van der Waals surface area contributed by atoms with Crippen LogP contribution in [0, 0.1) is 0 Å². The van der Waals surface area contributed by atoms with Crippen molar-refractivity contribution in [2.45, 2.75) is 32.6 Å². The van der Waals surface area contributed by atoms with Gasteiger partial charge in [-0.3, -0.25) is 0 Å². The monoisotopic (exact) mass is 281 g/mol. The molecule has 0 atom stereocenters. The molecular weight excluding hydrogens is 267 g/mol. The number of hydrogen-bond donors (Lipinski definition) is 1. The Morgan fingerprint density at radius 1 is 1.44 bits per heavy atom. The topological polar surface area (TPSA) is 42.2 Å². The van der Waals surface area contributed by atoms with E-state index in [0.29, 0.717) is 5.56 Å². The quantitative estimate of drug-likeness (QED) is 0.922. The van der Waals surface area contributed by atoms with Crippen LogP contribution in [-0.2, 0) is 6.54 Å². The predicted molar refractivity (Wildman–Crippen MR) is 65.7 cm³/mol. The molecule has 7 heteroatoms. The Hall–Kier alpha value is -1.01. The van der Waals surface area contributed by atoms with Crippen molar-refractivity contribution in [3.05, 3.63) is 22.8 Å². The molecule has 0 amide bonds. The van der Waals surface area contributed by atoms with Crippen LogP contribution in [0.25, 0.3) is 0 Å². The molecule has 1 aromatic heterocycles. The van der Waals surface area contributed by atoms with Crippen molar-refractivity contribution >= 4 is 17.4 Å². The van der Waals surface area contributed by atoms with E-state index in [9.17, 15) is 13.2 Å². The fourth-order valence-corrected chi connectivity index (χ4v) is 1.82. The summed E-state index contributed by atoms with van der Waals surface area (Å²) in [6.07, 6.45) is -2.90. The number of hydrogen-bond acceptors (Lipinski definition) is 3. The molecule has 0 aliphatic carbocycles. The van der Waals surface area contributed by atoms with Gasteiger partial charge in [0.2, 0.25) is 0 Å². The largest absolute Gasteiger partial charge is 0.405 e. The van der Waals surface area contributed by atoms with Gasteiger partial charge in [0.15, 0.2) is 0 Å². The molecule has 1 rings (SSSR count). The molecule has 2 N–H and O–H groups in total. The molecular formula is C11H15ClF3N3. The minimum atomic E-state index is -4.31. The van der Waals surface area contributed by atoms with Crippen molar-refractivity contribution in [1.29, 1.82) is 0 Å². The van der Waals surface area contributed by atoms with E-state index < -0.39 is 12.7 Å². The van der Waals surface area contributed by atoms with Gasteiger partial charge in [-0.05, 0) is 25.5 Å². The summed E-state index contributed by atoms with van der Waals surface area (Å²) >= 11 is 6.03. The van der Waals surface area contributed by atoms with Crippen molar-refractivity contribution in [2.24, 2.45) is 5.73 Å². The van der Waals surface area contributed by atoms with E-state index in [1.807, 2.05) is 0 Å². The van der Waals surface area contributed by atoms with E-state index in [1.54, 1.807) is 19.9 Å². The van der Waals surface area contributed by atoms with Crippen LogP contribution in [0.1, 0.15) is 19.4 Å². The fourth-order valence-electron chi connectivity index (χ4n) is 1.52. The molecule has 18 heavy (non-hydrogen) atoms. The lowest BCUT2D eigenvalue weighted by Gasteiger charge is -2.29. The molecule has 0 aromatic carbocycles. The first kappa shape index (κ1) is 15.0. The van der Waals surface area contributed by atoms with Gasteiger partial charge in [-0.2, -0.15) is 13.2 Å². The van der Waals surface area contributed by atoms with Crippen LogP contribution < -0.4 is 10.6 Å². The smallest absolute Gasteiger partial charge is 0.344 e. The number of pyridine rings is 1. The van der Waals surface area contributed by atoms with E-state index in [1.165, 1.54) is 6.20 Å². The normalized spacial score (nSPS) is 12.0. The summed E-state index contributed by atoms with van der Waals surface area (Å²) in [7, 11) is 0. The van der Waals surface area contributed by atoms with Crippen LogP contribution >= 0.6 is 11.6 Å². The summed E-state index contributed by atoms with van der Waals surface area (Å²) in [6, 6.07) is 1.22. The molecule has 0 fully saturated rings. The number of nitrogens with zero attached hydrogens (tertiary/aromatic N) is 2. The average molecular weight is 282 g/mol. The first-order chi connectivity index (χ1) is 8.26. The van der Waals surface area contributed by atoms with Gasteiger partial charge in [0.05, 0.1) is 5.02 Å². The lowest BCUT2D eigenvalue weighted by Crippen LogP contribution is -2.40. The summed E-state index contributed by atoms with van der Waals surface area (Å²) in [5.74, 6) is 0.118. The van der Waals surface area contributed by atoms with E-state index in [4.69, 9.17) is 17.3 Å². The van der Waals surface area contributed by atoms with Crippen molar-refractivity contribution in [1.82, 2.24) is 4.98 Å². The minimum absolute atomic E-state index is 0.118. The molecule has 0 bridgehead atoms. The summed E-state index contributed by atoms with van der Waals surface area (Å²) < 4.78 is 37.6. The Labute approximate surface area is 109 Å². The third-order valence-electron chi connectivity index (χ3n) is 2.42. The first-order valence-corrected chi connectivity index (χ1v) is 5.81. The molecule has 0 saturated heterocycles. The highest BCUT2D eigenvalue weighted by Crippen LogP contribution is 2.30. The SMILES string of the molecule is CC(C)N(CC(F)(F)F)c1nccc(CN)c1Cl. The van der Waals surface area contributed by atoms with Gasteiger partial charge < -0.3 is 10.6 Å². The van der Waals surface area contributed by atoms with Gasteiger partial charge in [0.25, 0.3) is 0 Å². The zero-order valence-corrected chi connectivity index (χ0v) is 10.9. The third kappa shape index (κ3) is 3.74. The summed E-state index contributed by atoms with van der Waals surface area (Å²) in [5.41, 5.74) is 6.05. The zero-order chi connectivity index (χ0) is 13.9. The van der Waals surface area contributed by atoms with Gasteiger partial charge >= 0.3 is 6.18 Å². The maximum Gasteiger partial charge on any atom is 0.405 e. The molecule has 0 saturated carbocycles. The van der Waals surface area contributed by atoms with Crippen molar-refractivity contribution in [2.75, 3.05) is 11.4 Å². The highest BCUT2D eigenvalue weighted by molar-refractivity contribution is 6.33. The zero-order valence-electron chi connectivity index (χ0n) is 10.1. The second-order valence-electron chi connectivity index (χ2n) is 4.15. The summed E-state index contributed by atoms with van der Waals surface area (Å²) in [6.45, 7) is 2.37. The van der Waals surface area contributed by atoms with E-state index in [2.05, 4.69) is 4.98 Å². The molecule has 1 heterocycles. The Morgan fingerprint density at radius 2 is 2.06 bits per heavy atom. The Balaban J connectivity index is 3.14. The number of alkyl halides is 3. The Kier molecular flexibility index (Phi) is 4.81. The van der Waals surface area contributed by atoms with Crippen LogP contribution in [0.2, 0.25) is 5.02 Å². The third-order valence-corrected chi connectivity index (χ3v) is 2.83. The van der Waals surface area contributed by atoms with Gasteiger partial charge in [0, 0.05) is 18.8 Å². The van der Waals surface area contributed by atoms with Crippen molar-refractivity contribution < 1.29 is 13.2 Å². The number of halogens is 4. The lowest BCUT2D eigenvalue weighted by molar-refractivity contribution is -0.120. The number of anilines is 1. The Morgan fingerprint density at radius 3 is 2.50 bits per heavy atom. The van der Waals surface area contributed by atoms with Crippen LogP contribution in [0.3, 0.4) is 0 Å². The van der Waals surface area contributed by atoms with Crippen LogP contribution in [0.5, 0.6) is 0 Å². The van der Waals surface area contributed by atoms with Crippen LogP contribution in [0.4, 0.5) is 19.0 Å². The highest BCUT2D eigenvalue weighted by Gasteiger charge is 2.33. The van der Waals surface area contributed by atoms with Gasteiger partial charge in [-0.15, -0.1) is 0 Å². The van der Waals surface area contributed by atoms with E-state index >= 15 is 0 Å². The standard InChI is InChI=1S/C11H15ClF3N3/c1-7(2)18(6-11(13,14)15)10-9(12)8(5-16)3-4-17-10/h3-4,7H,5-6,16H2,1-2H3. The van der Waals surface area contributed by atoms with E-state index in [0.717, 1.165) is 4.90 Å². The molecule has 0 aliphatic rings. The molecule has 0 radical (unpaired) electrons. The van der Waals surface area contributed by atoms with Crippen LogP contribution in [-0.4, -0.2) is 23.7 Å². The van der Waals surface area contributed by atoms with E-state index in [-0.39, 0.29) is 23.4 Å². The second kappa shape index (κ2) is 5.75. The Bertz CT molecular complexity index is 407. The summed E-state index contributed by atoms with van der Waals surface area (Å²) in [4.78, 5) is 5.04. The average Bonchev–Trinajstić information content (AvgIpc) is 2.25. The number of rotatable bonds is 4. The first-order valence-electron chi connectivity index (χ1n) is 5.43. The molecule has 1 aromatic rings. The maximum atomic E-state index is 12.5. The van der Waals surface area contributed by atoms with Gasteiger partial charge in [-0.1, -0.05) is 11.6 Å². The molecule has 0 unspecified atom stereocenters. The summed E-state index contributed by atoms with van der Waals surface area (Å²) in [5, 5.41) is 0.179. The molecule has 3 nitrogen and oxygen atoms in total. The van der Waals surface area contributed by atoms with Crippen LogP contribution in [0.15, 0.2) is 12.3 Å². The second-order valence-corrected chi connectivity index (χ2v) is 4.53. The van der Waals surface area contributed by atoms with Crippen molar-refractivity contribution in [3.63, 3.8) is 0 Å². The number of aromatic nitrogens is 1. The fraction of sp³-hybridized carbons (Fsp3) is 0.545. The predicted octanol–water partition coefficient (Wildman–Crippen LogP) is 2.97.